The van der Waals surface area contributed by atoms with Gasteiger partial charge in [0.05, 0.1) is 0 Å². The molecule has 0 aliphatic heterocycles. The summed E-state index contributed by atoms with van der Waals surface area (Å²) in [5.74, 6) is 3.91. The van der Waals surface area contributed by atoms with Gasteiger partial charge in [0.15, 0.2) is 0 Å². The van der Waals surface area contributed by atoms with Gasteiger partial charge in [-0.05, 0) is 0 Å². The first-order chi connectivity index (χ1) is 7.36. The number of hydrogen-bond acceptors (Lipinski definition) is 0. The zero-order chi connectivity index (χ0) is 10.5. The Balaban J connectivity index is 0.00000128. The molecular weight excluding hydrogens is 187 g/mol. The van der Waals surface area contributed by atoms with E-state index in [9.17, 15) is 0 Å². The molecule has 2 saturated carbocycles. The second-order valence-electron chi connectivity index (χ2n) is 5.89. The van der Waals surface area contributed by atoms with Gasteiger partial charge in [-0.15, -0.1) is 0 Å². The molecular formula is C15H27Li. The molecule has 0 heterocycles. The van der Waals surface area contributed by atoms with Gasteiger partial charge in [-0.2, -0.15) is 19.3 Å². The molecule has 2 aliphatic carbocycles. The van der Waals surface area contributed by atoms with E-state index in [1.807, 2.05) is 5.92 Å². The van der Waals surface area contributed by atoms with E-state index in [0.717, 1.165) is 11.8 Å². The van der Waals surface area contributed by atoms with Crippen LogP contribution in [0, 0.1) is 17.8 Å². The summed E-state index contributed by atoms with van der Waals surface area (Å²) in [5.41, 5.74) is 0. The first kappa shape index (κ1) is 14.7. The molecule has 0 atom stereocenters. The topological polar surface area (TPSA) is 0 Å². The molecule has 0 aromatic rings. The van der Waals surface area contributed by atoms with Crippen molar-refractivity contribution < 1.29 is 18.9 Å². The van der Waals surface area contributed by atoms with Crippen molar-refractivity contribution in [2.75, 3.05) is 0 Å². The smallest absolute Gasteiger partial charge is 0.313 e. The van der Waals surface area contributed by atoms with Gasteiger partial charge in [0.25, 0.3) is 0 Å². The first-order valence-electron chi connectivity index (χ1n) is 7.18. The Morgan fingerprint density at radius 1 is 0.812 bits per heavy atom. The molecule has 0 unspecified atom stereocenters. The molecule has 0 aromatic heterocycles. The first-order valence-corrected chi connectivity index (χ1v) is 7.18. The van der Waals surface area contributed by atoms with E-state index >= 15 is 0 Å². The fraction of sp³-hybridized carbons (Fsp3) is 0.933. The molecule has 0 aromatic carbocycles. The second-order valence-corrected chi connectivity index (χ2v) is 5.89. The van der Waals surface area contributed by atoms with Gasteiger partial charge in [0, 0.05) is 0 Å². The quantitative estimate of drug-likeness (QED) is 0.499. The Morgan fingerprint density at radius 3 is 1.88 bits per heavy atom. The standard InChI is InChI=1S/C15H27.Li/c1-13(15-10-6-3-7-11-15)12-14-8-4-2-5-9-14;/h14-15H,2-12H2,1H3;/q-1;+1. The maximum absolute atomic E-state index is 2.45. The molecule has 0 nitrogen and oxygen atoms in total. The SMILES string of the molecule is C[C-](CC1CCCCC1)C1CCCCC1.[Li+]. The monoisotopic (exact) mass is 214 g/mol. The molecule has 0 spiro atoms. The maximum atomic E-state index is 2.45. The molecule has 0 saturated heterocycles. The van der Waals surface area contributed by atoms with Gasteiger partial charge < -0.3 is 5.92 Å². The van der Waals surface area contributed by atoms with Crippen molar-refractivity contribution in [2.24, 2.45) is 11.8 Å². The minimum Gasteiger partial charge on any atom is -0.313 e. The molecule has 16 heavy (non-hydrogen) atoms. The van der Waals surface area contributed by atoms with Crippen LogP contribution in [0.5, 0.6) is 0 Å². The number of hydrogen-bond donors (Lipinski definition) is 0. The second kappa shape index (κ2) is 7.83. The molecule has 0 amide bonds. The third-order valence-corrected chi connectivity index (χ3v) is 4.64. The van der Waals surface area contributed by atoms with Crippen LogP contribution >= 0.6 is 0 Å². The van der Waals surface area contributed by atoms with Crippen LogP contribution in [0.4, 0.5) is 0 Å². The summed E-state index contributed by atoms with van der Waals surface area (Å²) in [6, 6.07) is 0. The van der Waals surface area contributed by atoms with E-state index in [0.29, 0.717) is 0 Å². The minimum absolute atomic E-state index is 0. The molecule has 2 aliphatic rings. The van der Waals surface area contributed by atoms with Crippen LogP contribution in [0.2, 0.25) is 0 Å². The molecule has 0 radical (unpaired) electrons. The van der Waals surface area contributed by atoms with Crippen LogP contribution in [0.25, 0.3) is 0 Å². The minimum atomic E-state index is 0. The van der Waals surface area contributed by atoms with Gasteiger partial charge in [-0.3, -0.25) is 0 Å². The van der Waals surface area contributed by atoms with Crippen LogP contribution in [0.3, 0.4) is 0 Å². The van der Waals surface area contributed by atoms with Gasteiger partial charge in [-0.25, -0.2) is 0 Å². The molecule has 88 valence electrons. The van der Waals surface area contributed by atoms with Gasteiger partial charge in [-0.1, -0.05) is 70.1 Å². The van der Waals surface area contributed by atoms with E-state index < -0.39 is 0 Å². The summed E-state index contributed by atoms with van der Waals surface area (Å²) in [6.45, 7) is 2.45. The van der Waals surface area contributed by atoms with Gasteiger partial charge >= 0.3 is 18.9 Å². The fourth-order valence-electron chi connectivity index (χ4n) is 3.61. The zero-order valence-electron chi connectivity index (χ0n) is 11.4. The van der Waals surface area contributed by atoms with E-state index in [2.05, 4.69) is 6.92 Å². The van der Waals surface area contributed by atoms with E-state index in [4.69, 9.17) is 0 Å². The van der Waals surface area contributed by atoms with Crippen LogP contribution in [0.1, 0.15) is 77.6 Å². The summed E-state index contributed by atoms with van der Waals surface area (Å²) in [5, 5.41) is 0. The normalized spacial score (nSPS) is 24.4. The van der Waals surface area contributed by atoms with Crippen molar-refractivity contribution in [1.29, 1.82) is 0 Å². The Labute approximate surface area is 114 Å². The van der Waals surface area contributed by atoms with Crippen molar-refractivity contribution in [3.8, 4) is 0 Å². The van der Waals surface area contributed by atoms with E-state index in [1.54, 1.807) is 0 Å². The van der Waals surface area contributed by atoms with E-state index in [1.165, 1.54) is 70.6 Å². The van der Waals surface area contributed by atoms with Crippen molar-refractivity contribution in [2.45, 2.75) is 77.6 Å². The average molecular weight is 214 g/mol. The van der Waals surface area contributed by atoms with Crippen LogP contribution in [-0.4, -0.2) is 0 Å². The molecule has 1 heteroatoms. The Morgan fingerprint density at radius 2 is 1.31 bits per heavy atom. The Hall–Kier alpha value is 0.597. The van der Waals surface area contributed by atoms with Gasteiger partial charge in [0.2, 0.25) is 0 Å². The Kier molecular flexibility index (Phi) is 7.18. The van der Waals surface area contributed by atoms with Crippen molar-refractivity contribution in [3.63, 3.8) is 0 Å². The zero-order valence-corrected chi connectivity index (χ0v) is 11.4. The third kappa shape index (κ3) is 4.46. The summed E-state index contributed by atoms with van der Waals surface area (Å²) < 4.78 is 0. The molecule has 0 N–H and O–H groups in total. The third-order valence-electron chi connectivity index (χ3n) is 4.64. The van der Waals surface area contributed by atoms with Crippen molar-refractivity contribution in [3.05, 3.63) is 5.92 Å². The maximum Gasteiger partial charge on any atom is 1.00 e. The molecule has 0 bridgehead atoms. The summed E-state index contributed by atoms with van der Waals surface area (Å²) in [4.78, 5) is 0. The molecule has 2 fully saturated rings. The Bertz CT molecular complexity index is 166. The summed E-state index contributed by atoms with van der Waals surface area (Å²) in [7, 11) is 0. The van der Waals surface area contributed by atoms with Crippen molar-refractivity contribution in [1.82, 2.24) is 0 Å². The predicted octanol–water partition coefficient (Wildman–Crippen LogP) is 2.14. The van der Waals surface area contributed by atoms with Crippen LogP contribution < -0.4 is 18.9 Å². The molecule has 2 rings (SSSR count). The summed E-state index contributed by atoms with van der Waals surface area (Å²) in [6.07, 6.45) is 16.5. The van der Waals surface area contributed by atoms with Crippen molar-refractivity contribution >= 4 is 0 Å². The predicted molar refractivity (Wildman–Crippen MR) is 66.7 cm³/mol. The number of rotatable bonds is 3. The van der Waals surface area contributed by atoms with Crippen LogP contribution in [0.15, 0.2) is 0 Å². The van der Waals surface area contributed by atoms with E-state index in [-0.39, 0.29) is 18.9 Å². The summed E-state index contributed by atoms with van der Waals surface area (Å²) >= 11 is 0. The van der Waals surface area contributed by atoms with Gasteiger partial charge in [0.1, 0.15) is 0 Å². The largest absolute Gasteiger partial charge is 1.00 e. The average Bonchev–Trinajstić information content (AvgIpc) is 2.31. The fourth-order valence-corrected chi connectivity index (χ4v) is 3.61. The van der Waals surface area contributed by atoms with Crippen LogP contribution in [-0.2, 0) is 0 Å².